The molecule has 30 heavy (non-hydrogen) atoms. The first-order valence-electron chi connectivity index (χ1n) is 10.3. The molecule has 0 N–H and O–H groups in total. The van der Waals surface area contributed by atoms with Gasteiger partial charge < -0.3 is 9.47 Å². The summed E-state index contributed by atoms with van der Waals surface area (Å²) in [6.45, 7) is 1.95. The van der Waals surface area contributed by atoms with E-state index in [1.165, 1.54) is 11.3 Å². The Labute approximate surface area is 185 Å². The zero-order valence-corrected chi connectivity index (χ0v) is 18.7. The quantitative estimate of drug-likeness (QED) is 0.598. The standard InChI is InChI=1S/C22H19BrN2O4S/c1-9-18(25-21(30-9)12-5-4-11(23)8-24-12)17-19(26)15-13-6-7-14(28-13)16(15)20(17)29-22(27)10-2-3-10/h4-5,8,10,13-16H,2-3,6-7H2,1H3/t13-,14+,15+,16-/m0/s1. The molecule has 2 aliphatic carbocycles. The molecule has 4 heterocycles. The summed E-state index contributed by atoms with van der Waals surface area (Å²) in [5, 5.41) is 0.749. The summed E-state index contributed by atoms with van der Waals surface area (Å²) < 4.78 is 12.8. The van der Waals surface area contributed by atoms with Crippen LogP contribution in [0.1, 0.15) is 36.3 Å². The summed E-state index contributed by atoms with van der Waals surface area (Å²) >= 11 is 4.90. The molecule has 0 spiro atoms. The molecule has 2 bridgehead atoms. The van der Waals surface area contributed by atoms with Gasteiger partial charge in [0.25, 0.3) is 0 Å². The van der Waals surface area contributed by atoms with Gasteiger partial charge in [0.15, 0.2) is 5.78 Å². The number of aromatic nitrogens is 2. The number of hydrogen-bond acceptors (Lipinski definition) is 7. The maximum Gasteiger partial charge on any atom is 0.314 e. The van der Waals surface area contributed by atoms with Gasteiger partial charge in [-0.15, -0.1) is 11.3 Å². The van der Waals surface area contributed by atoms with Crippen molar-refractivity contribution in [1.29, 1.82) is 0 Å². The molecule has 1 saturated carbocycles. The zero-order valence-electron chi connectivity index (χ0n) is 16.3. The van der Waals surface area contributed by atoms with Gasteiger partial charge >= 0.3 is 5.97 Å². The molecule has 3 fully saturated rings. The molecule has 2 aromatic heterocycles. The molecular weight excluding hydrogens is 468 g/mol. The first-order chi connectivity index (χ1) is 14.5. The monoisotopic (exact) mass is 486 g/mol. The Morgan fingerprint density at radius 3 is 2.67 bits per heavy atom. The van der Waals surface area contributed by atoms with Gasteiger partial charge in [-0.1, -0.05) is 0 Å². The Balaban J connectivity index is 1.45. The molecule has 6 nitrogen and oxygen atoms in total. The molecule has 0 amide bonds. The van der Waals surface area contributed by atoms with Crippen molar-refractivity contribution < 1.29 is 19.1 Å². The van der Waals surface area contributed by atoms with Crippen LogP contribution in [0.15, 0.2) is 28.6 Å². The number of Topliss-reactive ketones (excluding diaryl/α,β-unsaturated/α-hetero) is 1. The normalized spacial score (nSPS) is 29.6. The fourth-order valence-corrected chi connectivity index (χ4v) is 6.03. The number of aryl methyl sites for hydroxylation is 1. The van der Waals surface area contributed by atoms with Gasteiger partial charge in [-0.2, -0.15) is 0 Å². The smallest absolute Gasteiger partial charge is 0.314 e. The molecule has 4 atom stereocenters. The van der Waals surface area contributed by atoms with E-state index in [4.69, 9.17) is 14.5 Å². The number of nitrogens with zero attached hydrogens (tertiary/aromatic N) is 2. The predicted molar refractivity (Wildman–Crippen MR) is 113 cm³/mol. The van der Waals surface area contributed by atoms with Gasteiger partial charge in [0.2, 0.25) is 0 Å². The number of ether oxygens (including phenoxy) is 2. The Morgan fingerprint density at radius 2 is 1.97 bits per heavy atom. The number of esters is 1. The van der Waals surface area contributed by atoms with Gasteiger partial charge in [0.05, 0.1) is 46.9 Å². The van der Waals surface area contributed by atoms with E-state index < -0.39 is 0 Å². The topological polar surface area (TPSA) is 78.4 Å². The fourth-order valence-electron chi connectivity index (χ4n) is 4.90. The van der Waals surface area contributed by atoms with Crippen molar-refractivity contribution in [2.24, 2.45) is 17.8 Å². The van der Waals surface area contributed by atoms with Gasteiger partial charge in [0, 0.05) is 15.5 Å². The van der Waals surface area contributed by atoms with E-state index in [-0.39, 0.29) is 41.7 Å². The van der Waals surface area contributed by atoms with E-state index in [0.717, 1.165) is 45.7 Å². The molecule has 154 valence electrons. The SMILES string of the molecule is Cc1sc(-c2ccc(Br)cn2)nc1C1=C(OC(=O)C2CC2)[C@@H]2[C@H](C1=O)[C@@H]1CC[C@H]2O1. The summed E-state index contributed by atoms with van der Waals surface area (Å²) in [6.07, 6.45) is 5.12. The maximum absolute atomic E-state index is 13.5. The van der Waals surface area contributed by atoms with E-state index in [0.29, 0.717) is 17.0 Å². The second-order valence-corrected chi connectivity index (χ2v) is 10.5. The molecule has 2 aromatic rings. The number of carbonyl (C=O) groups is 2. The first-order valence-corrected chi connectivity index (χ1v) is 11.9. The Morgan fingerprint density at radius 1 is 1.20 bits per heavy atom. The number of pyridine rings is 1. The highest BCUT2D eigenvalue weighted by molar-refractivity contribution is 9.10. The molecule has 2 aliphatic heterocycles. The van der Waals surface area contributed by atoms with E-state index in [2.05, 4.69) is 20.9 Å². The van der Waals surface area contributed by atoms with Gasteiger partial charge in [-0.3, -0.25) is 14.6 Å². The third kappa shape index (κ3) is 2.84. The highest BCUT2D eigenvalue weighted by atomic mass is 79.9. The zero-order chi connectivity index (χ0) is 20.6. The lowest BCUT2D eigenvalue weighted by molar-refractivity contribution is -0.142. The highest BCUT2D eigenvalue weighted by Crippen LogP contribution is 2.55. The lowest BCUT2D eigenvalue weighted by atomic mass is 9.80. The Bertz CT molecular complexity index is 1100. The largest absolute Gasteiger partial charge is 0.430 e. The average molecular weight is 487 g/mol. The number of hydrogen-bond donors (Lipinski definition) is 0. The van der Waals surface area contributed by atoms with E-state index in [1.54, 1.807) is 6.20 Å². The maximum atomic E-state index is 13.5. The Hall–Kier alpha value is -1.90. The summed E-state index contributed by atoms with van der Waals surface area (Å²) in [7, 11) is 0. The molecule has 6 rings (SSSR count). The van der Waals surface area contributed by atoms with Crippen LogP contribution in [0.2, 0.25) is 0 Å². The number of allylic oxidation sites excluding steroid dienone is 1. The van der Waals surface area contributed by atoms with Crippen molar-refractivity contribution in [2.75, 3.05) is 0 Å². The van der Waals surface area contributed by atoms with Crippen molar-refractivity contribution in [1.82, 2.24) is 9.97 Å². The van der Waals surface area contributed by atoms with Gasteiger partial charge in [0.1, 0.15) is 10.8 Å². The highest BCUT2D eigenvalue weighted by Gasteiger charge is 2.60. The number of thiazole rings is 1. The number of fused-ring (bicyclic) bond motifs is 5. The van der Waals surface area contributed by atoms with Crippen molar-refractivity contribution in [3.05, 3.63) is 39.1 Å². The van der Waals surface area contributed by atoms with Crippen molar-refractivity contribution in [2.45, 2.75) is 44.8 Å². The van der Waals surface area contributed by atoms with E-state index in [1.807, 2.05) is 19.1 Å². The first kappa shape index (κ1) is 18.8. The van der Waals surface area contributed by atoms with Crippen LogP contribution in [0.25, 0.3) is 16.3 Å². The van der Waals surface area contributed by atoms with E-state index >= 15 is 0 Å². The molecular formula is C22H19BrN2O4S. The summed E-state index contributed by atoms with van der Waals surface area (Å²) in [6, 6.07) is 3.81. The van der Waals surface area contributed by atoms with Crippen LogP contribution in [-0.2, 0) is 19.1 Å². The second kappa shape index (κ2) is 6.80. The molecule has 0 radical (unpaired) electrons. The minimum Gasteiger partial charge on any atom is -0.430 e. The van der Waals surface area contributed by atoms with Crippen LogP contribution in [0, 0.1) is 24.7 Å². The summed E-state index contributed by atoms with van der Waals surface area (Å²) in [5.41, 5.74) is 1.86. The molecule has 2 saturated heterocycles. The van der Waals surface area contributed by atoms with E-state index in [9.17, 15) is 9.59 Å². The van der Waals surface area contributed by atoms with Gasteiger partial charge in [-0.05, 0) is 60.7 Å². The third-order valence-electron chi connectivity index (χ3n) is 6.47. The van der Waals surface area contributed by atoms with Crippen molar-refractivity contribution in [3.63, 3.8) is 0 Å². The Kier molecular flexibility index (Phi) is 4.27. The minimum absolute atomic E-state index is 0.00881. The molecule has 8 heteroatoms. The predicted octanol–water partition coefficient (Wildman–Crippen LogP) is 4.32. The number of rotatable bonds is 4. The second-order valence-electron chi connectivity index (χ2n) is 8.43. The van der Waals surface area contributed by atoms with Crippen LogP contribution < -0.4 is 0 Å². The van der Waals surface area contributed by atoms with Crippen molar-refractivity contribution in [3.8, 4) is 10.7 Å². The fraction of sp³-hybridized carbons (Fsp3) is 0.455. The van der Waals surface area contributed by atoms with Crippen LogP contribution in [0.5, 0.6) is 0 Å². The molecule has 0 unspecified atom stereocenters. The van der Waals surface area contributed by atoms with Crippen molar-refractivity contribution >= 4 is 44.6 Å². The summed E-state index contributed by atoms with van der Waals surface area (Å²) in [5.74, 6) is -0.166. The number of ketones is 1. The molecule has 4 aliphatic rings. The average Bonchev–Trinajstić information content (AvgIpc) is 3.07. The van der Waals surface area contributed by atoms with Crippen LogP contribution >= 0.6 is 27.3 Å². The lowest BCUT2D eigenvalue weighted by Crippen LogP contribution is -2.30. The lowest BCUT2D eigenvalue weighted by Gasteiger charge is -2.21. The number of halogens is 1. The van der Waals surface area contributed by atoms with Gasteiger partial charge in [-0.25, -0.2) is 4.98 Å². The molecule has 0 aromatic carbocycles. The van der Waals surface area contributed by atoms with Crippen LogP contribution in [-0.4, -0.2) is 33.9 Å². The summed E-state index contributed by atoms with van der Waals surface area (Å²) in [4.78, 5) is 36.2. The van der Waals surface area contributed by atoms with Crippen LogP contribution in [0.3, 0.4) is 0 Å². The minimum atomic E-state index is -0.254. The number of carbonyl (C=O) groups excluding carboxylic acids is 2. The third-order valence-corrected chi connectivity index (χ3v) is 7.94. The van der Waals surface area contributed by atoms with Crippen LogP contribution in [0.4, 0.5) is 0 Å².